The number of sulfonamides is 1. The van der Waals surface area contributed by atoms with Crippen molar-refractivity contribution in [2.45, 2.75) is 24.8 Å². The van der Waals surface area contributed by atoms with E-state index in [1.165, 1.54) is 30.4 Å². The summed E-state index contributed by atoms with van der Waals surface area (Å²) in [6.07, 6.45) is 0.905. The fourth-order valence-corrected chi connectivity index (χ4v) is 4.29. The molecule has 1 heterocycles. The van der Waals surface area contributed by atoms with E-state index in [0.29, 0.717) is 18.7 Å². The normalized spacial score (nSPS) is 15.9. The van der Waals surface area contributed by atoms with Crippen molar-refractivity contribution in [3.8, 4) is 0 Å². The van der Waals surface area contributed by atoms with Crippen molar-refractivity contribution in [3.05, 3.63) is 65.2 Å². The summed E-state index contributed by atoms with van der Waals surface area (Å²) in [6.45, 7) is 6.09. The number of aryl methyl sites for hydroxylation is 1. The highest BCUT2D eigenvalue weighted by Gasteiger charge is 2.21. The number of rotatable bonds is 6. The molecule has 0 atom stereocenters. The molecule has 1 aliphatic rings. The minimum absolute atomic E-state index is 0.0520. The Morgan fingerprint density at radius 2 is 1.76 bits per heavy atom. The van der Waals surface area contributed by atoms with Crippen molar-refractivity contribution < 1.29 is 18.0 Å². The molecule has 0 unspecified atom stereocenters. The molecule has 0 saturated carbocycles. The minimum Gasteiger partial charge on any atom is -0.337 e. The van der Waals surface area contributed by atoms with Crippen LogP contribution in [0.4, 0.5) is 0 Å². The van der Waals surface area contributed by atoms with E-state index in [4.69, 9.17) is 0 Å². The first kappa shape index (κ1) is 21.4. The zero-order valence-corrected chi connectivity index (χ0v) is 17.6. The van der Waals surface area contributed by atoms with Gasteiger partial charge >= 0.3 is 0 Å². The monoisotopic (exact) mass is 417 g/mol. The van der Waals surface area contributed by atoms with Gasteiger partial charge in [0.2, 0.25) is 0 Å². The fraction of sp³-hybridized carbons (Fsp3) is 0.381. The maximum absolute atomic E-state index is 12.9. The highest BCUT2D eigenvalue weighted by atomic mass is 32.2. The third-order valence-corrected chi connectivity index (χ3v) is 6.41. The summed E-state index contributed by atoms with van der Waals surface area (Å²) in [5.41, 5.74) is 3.07. The zero-order chi connectivity index (χ0) is 20.9. The number of hydrogen-bond donors (Lipinski definition) is 1. The molecule has 0 radical (unpaired) electrons. The molecule has 29 heavy (non-hydrogen) atoms. The standard InChI is InChI=1S/C21H27N3O4S/c1-17-6-3-4-7-19(17)16-23-12-5-13-24(15-14-23)21(25)18-8-10-20(11-9-18)29(26,27)22-28-2/h3-4,6-11,22H,5,12-16H2,1-2H3. The van der Waals surface area contributed by atoms with Crippen LogP contribution in [0.2, 0.25) is 0 Å². The lowest BCUT2D eigenvalue weighted by atomic mass is 10.1. The van der Waals surface area contributed by atoms with Crippen LogP contribution in [-0.4, -0.2) is 57.4 Å². The van der Waals surface area contributed by atoms with Crippen LogP contribution < -0.4 is 4.89 Å². The molecule has 1 N–H and O–H groups in total. The van der Waals surface area contributed by atoms with Crippen LogP contribution in [0, 0.1) is 6.92 Å². The topological polar surface area (TPSA) is 78.9 Å². The lowest BCUT2D eigenvalue weighted by Gasteiger charge is -2.22. The highest BCUT2D eigenvalue weighted by Crippen LogP contribution is 2.16. The van der Waals surface area contributed by atoms with Crippen molar-refractivity contribution in [2.24, 2.45) is 0 Å². The predicted octanol–water partition coefficient (Wildman–Crippen LogP) is 2.18. The molecule has 1 saturated heterocycles. The maximum atomic E-state index is 12.9. The first-order valence-electron chi connectivity index (χ1n) is 9.62. The molecule has 0 bridgehead atoms. The molecule has 1 amide bonds. The SMILES string of the molecule is CONS(=O)(=O)c1ccc(C(=O)N2CCCN(Cc3ccccc3C)CC2)cc1. The molecular formula is C21H27N3O4S. The second-order valence-corrected chi connectivity index (χ2v) is 8.81. The van der Waals surface area contributed by atoms with Crippen LogP contribution >= 0.6 is 0 Å². The summed E-state index contributed by atoms with van der Waals surface area (Å²) in [5.74, 6) is -0.0774. The third kappa shape index (κ3) is 5.42. The Kier molecular flexibility index (Phi) is 7.02. The largest absolute Gasteiger partial charge is 0.337 e. The smallest absolute Gasteiger partial charge is 0.262 e. The summed E-state index contributed by atoms with van der Waals surface area (Å²) in [5, 5.41) is 0. The molecule has 2 aromatic carbocycles. The van der Waals surface area contributed by atoms with Crippen molar-refractivity contribution >= 4 is 15.9 Å². The van der Waals surface area contributed by atoms with E-state index in [1.54, 1.807) is 12.1 Å². The van der Waals surface area contributed by atoms with E-state index in [2.05, 4.69) is 34.9 Å². The lowest BCUT2D eigenvalue weighted by molar-refractivity contribution is 0.0761. The highest BCUT2D eigenvalue weighted by molar-refractivity contribution is 7.89. The van der Waals surface area contributed by atoms with Gasteiger partial charge in [0.25, 0.3) is 15.9 Å². The number of amides is 1. The minimum atomic E-state index is -3.73. The van der Waals surface area contributed by atoms with E-state index in [1.807, 2.05) is 15.9 Å². The van der Waals surface area contributed by atoms with Crippen LogP contribution in [0.3, 0.4) is 0 Å². The van der Waals surface area contributed by atoms with Gasteiger partial charge in [-0.25, -0.2) is 8.42 Å². The molecule has 0 aliphatic carbocycles. The Balaban J connectivity index is 1.63. The van der Waals surface area contributed by atoms with Crippen molar-refractivity contribution in [3.63, 3.8) is 0 Å². The Morgan fingerprint density at radius 1 is 1.03 bits per heavy atom. The van der Waals surface area contributed by atoms with E-state index in [-0.39, 0.29) is 10.8 Å². The summed E-state index contributed by atoms with van der Waals surface area (Å²) in [4.78, 5) is 23.6. The van der Waals surface area contributed by atoms with Gasteiger partial charge in [-0.1, -0.05) is 29.2 Å². The van der Waals surface area contributed by atoms with Crippen molar-refractivity contribution in [1.82, 2.24) is 14.7 Å². The Morgan fingerprint density at radius 3 is 2.45 bits per heavy atom. The average Bonchev–Trinajstić information content (AvgIpc) is 2.95. The van der Waals surface area contributed by atoms with Gasteiger partial charge in [0.05, 0.1) is 12.0 Å². The molecule has 0 spiro atoms. The molecule has 156 valence electrons. The number of hydrogen-bond acceptors (Lipinski definition) is 5. The quantitative estimate of drug-likeness (QED) is 0.729. The molecule has 7 nitrogen and oxygen atoms in total. The molecule has 0 aromatic heterocycles. The molecular weight excluding hydrogens is 390 g/mol. The van der Waals surface area contributed by atoms with Gasteiger partial charge in [0.15, 0.2) is 0 Å². The first-order chi connectivity index (χ1) is 13.9. The van der Waals surface area contributed by atoms with E-state index in [0.717, 1.165) is 26.1 Å². The van der Waals surface area contributed by atoms with E-state index < -0.39 is 10.0 Å². The van der Waals surface area contributed by atoms with E-state index in [9.17, 15) is 13.2 Å². The maximum Gasteiger partial charge on any atom is 0.262 e. The van der Waals surface area contributed by atoms with Gasteiger partial charge in [-0.3, -0.25) is 14.5 Å². The van der Waals surface area contributed by atoms with Crippen LogP contribution in [0.1, 0.15) is 27.9 Å². The molecule has 8 heteroatoms. The lowest BCUT2D eigenvalue weighted by Crippen LogP contribution is -2.35. The summed E-state index contributed by atoms with van der Waals surface area (Å²) < 4.78 is 23.9. The zero-order valence-electron chi connectivity index (χ0n) is 16.8. The van der Waals surface area contributed by atoms with Crippen molar-refractivity contribution in [1.29, 1.82) is 0 Å². The summed E-state index contributed by atoms with van der Waals surface area (Å²) in [7, 11) is -2.49. The number of nitrogens with zero attached hydrogens (tertiary/aromatic N) is 2. The first-order valence-corrected chi connectivity index (χ1v) is 11.1. The Hall–Kier alpha value is -2.26. The van der Waals surface area contributed by atoms with Crippen LogP contribution in [0.5, 0.6) is 0 Å². The fourth-order valence-electron chi connectivity index (χ4n) is 3.48. The second-order valence-electron chi connectivity index (χ2n) is 7.16. The van der Waals surface area contributed by atoms with Gasteiger partial charge in [0.1, 0.15) is 0 Å². The molecule has 3 rings (SSSR count). The molecule has 2 aromatic rings. The van der Waals surface area contributed by atoms with Gasteiger partial charge in [-0.2, -0.15) is 0 Å². The molecule has 1 aliphatic heterocycles. The third-order valence-electron chi connectivity index (χ3n) is 5.14. The number of nitrogens with one attached hydrogen (secondary N) is 1. The van der Waals surface area contributed by atoms with E-state index >= 15 is 0 Å². The second kappa shape index (κ2) is 9.49. The molecule has 1 fully saturated rings. The van der Waals surface area contributed by atoms with Crippen LogP contribution in [0.25, 0.3) is 0 Å². The number of carbonyl (C=O) groups is 1. The van der Waals surface area contributed by atoms with Gasteiger partial charge in [-0.15, -0.1) is 0 Å². The van der Waals surface area contributed by atoms with Gasteiger partial charge in [0, 0.05) is 38.3 Å². The Bertz CT molecular complexity index is 945. The van der Waals surface area contributed by atoms with Crippen LogP contribution in [-0.2, 0) is 21.4 Å². The number of carbonyl (C=O) groups excluding carboxylic acids is 1. The van der Waals surface area contributed by atoms with Gasteiger partial charge in [-0.05, 0) is 48.7 Å². The van der Waals surface area contributed by atoms with Crippen molar-refractivity contribution in [2.75, 3.05) is 33.3 Å². The van der Waals surface area contributed by atoms with Crippen LogP contribution in [0.15, 0.2) is 53.4 Å². The van der Waals surface area contributed by atoms with Gasteiger partial charge < -0.3 is 4.90 Å². The summed E-state index contributed by atoms with van der Waals surface area (Å²) >= 11 is 0. The summed E-state index contributed by atoms with van der Waals surface area (Å²) in [6, 6.07) is 14.3. The predicted molar refractivity (Wildman–Crippen MR) is 111 cm³/mol. The Labute approximate surface area is 172 Å². The average molecular weight is 418 g/mol. The number of benzene rings is 2.